The summed E-state index contributed by atoms with van der Waals surface area (Å²) in [7, 11) is 0. The van der Waals surface area contributed by atoms with Crippen molar-refractivity contribution in [3.05, 3.63) is 0 Å². The molecular formula is C17H34N2. The molecule has 2 heteroatoms. The van der Waals surface area contributed by atoms with Gasteiger partial charge in [-0.3, -0.25) is 4.90 Å². The lowest BCUT2D eigenvalue weighted by atomic mass is 9.92. The fraction of sp³-hybridized carbons (Fsp3) is 1.00. The van der Waals surface area contributed by atoms with Crippen LogP contribution in [0.4, 0.5) is 0 Å². The SMILES string of the molecule is CC(C)CCC(C)NCCN1CCCC2CCCC21. The van der Waals surface area contributed by atoms with Gasteiger partial charge in [0.25, 0.3) is 0 Å². The zero-order valence-corrected chi connectivity index (χ0v) is 13.3. The van der Waals surface area contributed by atoms with Crippen LogP contribution in [-0.4, -0.2) is 36.6 Å². The van der Waals surface area contributed by atoms with Gasteiger partial charge in [0.05, 0.1) is 0 Å². The highest BCUT2D eigenvalue weighted by molar-refractivity contribution is 4.89. The van der Waals surface area contributed by atoms with E-state index in [9.17, 15) is 0 Å². The molecule has 0 spiro atoms. The molecule has 1 saturated heterocycles. The molecule has 0 aromatic rings. The Bertz CT molecular complexity index is 252. The smallest absolute Gasteiger partial charge is 0.0124 e. The number of piperidine rings is 1. The molecule has 2 nitrogen and oxygen atoms in total. The van der Waals surface area contributed by atoms with E-state index in [1.54, 1.807) is 0 Å². The zero-order chi connectivity index (χ0) is 13.7. The Kier molecular flexibility index (Phi) is 6.15. The Balaban J connectivity index is 1.62. The maximum Gasteiger partial charge on any atom is 0.0124 e. The fourth-order valence-electron chi connectivity index (χ4n) is 3.97. The molecule has 0 radical (unpaired) electrons. The summed E-state index contributed by atoms with van der Waals surface area (Å²) in [4.78, 5) is 2.78. The van der Waals surface area contributed by atoms with Gasteiger partial charge in [0.2, 0.25) is 0 Å². The summed E-state index contributed by atoms with van der Waals surface area (Å²) in [6.07, 6.45) is 10.0. The van der Waals surface area contributed by atoms with Crippen LogP contribution in [0.3, 0.4) is 0 Å². The predicted molar refractivity (Wildman–Crippen MR) is 83.5 cm³/mol. The normalized spacial score (nSPS) is 29.7. The molecule has 112 valence electrons. The minimum Gasteiger partial charge on any atom is -0.313 e. The van der Waals surface area contributed by atoms with Crippen molar-refractivity contribution in [2.24, 2.45) is 11.8 Å². The van der Waals surface area contributed by atoms with Crippen molar-refractivity contribution in [3.63, 3.8) is 0 Å². The first-order valence-electron chi connectivity index (χ1n) is 8.64. The third-order valence-corrected chi connectivity index (χ3v) is 5.18. The summed E-state index contributed by atoms with van der Waals surface area (Å²) in [5, 5.41) is 3.72. The maximum atomic E-state index is 3.72. The highest BCUT2D eigenvalue weighted by Gasteiger charge is 2.34. The minimum absolute atomic E-state index is 0.687. The molecule has 2 rings (SSSR count). The van der Waals surface area contributed by atoms with Gasteiger partial charge in [-0.15, -0.1) is 0 Å². The second-order valence-electron chi connectivity index (χ2n) is 7.26. The lowest BCUT2D eigenvalue weighted by Crippen LogP contribution is -2.46. The number of hydrogen-bond acceptors (Lipinski definition) is 2. The molecule has 1 aliphatic carbocycles. The first-order valence-corrected chi connectivity index (χ1v) is 8.64. The Morgan fingerprint density at radius 1 is 1.05 bits per heavy atom. The summed E-state index contributed by atoms with van der Waals surface area (Å²) in [6, 6.07) is 1.62. The molecule has 1 saturated carbocycles. The van der Waals surface area contributed by atoms with Crippen molar-refractivity contribution < 1.29 is 0 Å². The van der Waals surface area contributed by atoms with Crippen LogP contribution in [0.15, 0.2) is 0 Å². The van der Waals surface area contributed by atoms with Gasteiger partial charge in [0, 0.05) is 25.2 Å². The molecule has 3 atom stereocenters. The lowest BCUT2D eigenvalue weighted by molar-refractivity contribution is 0.113. The van der Waals surface area contributed by atoms with Crippen molar-refractivity contribution in [2.75, 3.05) is 19.6 Å². The molecule has 3 unspecified atom stereocenters. The second kappa shape index (κ2) is 7.64. The number of rotatable bonds is 7. The Morgan fingerprint density at radius 3 is 2.63 bits per heavy atom. The molecule has 0 bridgehead atoms. The number of nitrogens with one attached hydrogen (secondary N) is 1. The van der Waals surface area contributed by atoms with Gasteiger partial charge in [-0.25, -0.2) is 0 Å². The van der Waals surface area contributed by atoms with E-state index in [4.69, 9.17) is 0 Å². The van der Waals surface area contributed by atoms with Crippen LogP contribution in [0.5, 0.6) is 0 Å². The Morgan fingerprint density at radius 2 is 1.84 bits per heavy atom. The van der Waals surface area contributed by atoms with Gasteiger partial charge in [-0.1, -0.05) is 20.3 Å². The van der Waals surface area contributed by atoms with Crippen molar-refractivity contribution in [1.82, 2.24) is 10.2 Å². The van der Waals surface area contributed by atoms with E-state index in [1.165, 1.54) is 64.6 Å². The van der Waals surface area contributed by atoms with E-state index in [-0.39, 0.29) is 0 Å². The zero-order valence-electron chi connectivity index (χ0n) is 13.3. The Labute approximate surface area is 120 Å². The number of likely N-dealkylation sites (tertiary alicyclic amines) is 1. The number of fused-ring (bicyclic) bond motifs is 1. The van der Waals surface area contributed by atoms with E-state index in [0.29, 0.717) is 6.04 Å². The van der Waals surface area contributed by atoms with Crippen LogP contribution in [0.1, 0.15) is 65.7 Å². The Hall–Kier alpha value is -0.0800. The average Bonchev–Trinajstić information content (AvgIpc) is 2.85. The quantitative estimate of drug-likeness (QED) is 0.756. The monoisotopic (exact) mass is 266 g/mol. The van der Waals surface area contributed by atoms with Crippen molar-refractivity contribution in [1.29, 1.82) is 0 Å². The van der Waals surface area contributed by atoms with Crippen molar-refractivity contribution in [3.8, 4) is 0 Å². The number of hydrogen-bond donors (Lipinski definition) is 1. The highest BCUT2D eigenvalue weighted by atomic mass is 15.2. The first-order chi connectivity index (χ1) is 9.16. The van der Waals surface area contributed by atoms with E-state index < -0.39 is 0 Å². The van der Waals surface area contributed by atoms with E-state index in [2.05, 4.69) is 31.0 Å². The van der Waals surface area contributed by atoms with Gasteiger partial charge < -0.3 is 5.32 Å². The first kappa shape index (κ1) is 15.3. The summed E-state index contributed by atoms with van der Waals surface area (Å²) in [6.45, 7) is 10.8. The lowest BCUT2D eigenvalue weighted by Gasteiger charge is -2.38. The van der Waals surface area contributed by atoms with Crippen molar-refractivity contribution in [2.45, 2.75) is 77.8 Å². The van der Waals surface area contributed by atoms with Gasteiger partial charge in [0.1, 0.15) is 0 Å². The summed E-state index contributed by atoms with van der Waals surface area (Å²) in [5.74, 6) is 1.87. The van der Waals surface area contributed by atoms with E-state index in [1.807, 2.05) is 0 Å². The molecular weight excluding hydrogens is 232 g/mol. The molecule has 19 heavy (non-hydrogen) atoms. The highest BCUT2D eigenvalue weighted by Crippen LogP contribution is 2.36. The van der Waals surface area contributed by atoms with Gasteiger partial charge in [-0.2, -0.15) is 0 Å². The van der Waals surface area contributed by atoms with Gasteiger partial charge in [-0.05, 0) is 63.8 Å². The summed E-state index contributed by atoms with van der Waals surface area (Å²) in [5.41, 5.74) is 0. The predicted octanol–water partition coefficient (Wildman–Crippen LogP) is 3.67. The largest absolute Gasteiger partial charge is 0.313 e. The van der Waals surface area contributed by atoms with E-state index >= 15 is 0 Å². The standard InChI is InChI=1S/C17H34N2/c1-14(2)9-10-15(3)18-11-13-19-12-5-7-16-6-4-8-17(16)19/h14-18H,4-13H2,1-3H3. The van der Waals surface area contributed by atoms with Crippen LogP contribution in [0.2, 0.25) is 0 Å². The van der Waals surface area contributed by atoms with Gasteiger partial charge >= 0.3 is 0 Å². The topological polar surface area (TPSA) is 15.3 Å². The molecule has 1 heterocycles. The number of nitrogens with zero attached hydrogens (tertiary/aromatic N) is 1. The molecule has 2 aliphatic rings. The molecule has 0 aromatic carbocycles. The van der Waals surface area contributed by atoms with Gasteiger partial charge in [0.15, 0.2) is 0 Å². The summed E-state index contributed by atoms with van der Waals surface area (Å²) >= 11 is 0. The third kappa shape index (κ3) is 4.75. The van der Waals surface area contributed by atoms with Crippen LogP contribution < -0.4 is 5.32 Å². The fourth-order valence-corrected chi connectivity index (χ4v) is 3.97. The maximum absolute atomic E-state index is 3.72. The second-order valence-corrected chi connectivity index (χ2v) is 7.26. The molecule has 0 amide bonds. The molecule has 1 N–H and O–H groups in total. The van der Waals surface area contributed by atoms with Crippen LogP contribution >= 0.6 is 0 Å². The van der Waals surface area contributed by atoms with E-state index in [0.717, 1.165) is 17.9 Å². The van der Waals surface area contributed by atoms with Crippen LogP contribution in [0, 0.1) is 11.8 Å². The average molecular weight is 266 g/mol. The minimum atomic E-state index is 0.687. The molecule has 0 aromatic heterocycles. The van der Waals surface area contributed by atoms with Crippen LogP contribution in [-0.2, 0) is 0 Å². The van der Waals surface area contributed by atoms with Crippen LogP contribution in [0.25, 0.3) is 0 Å². The summed E-state index contributed by atoms with van der Waals surface area (Å²) < 4.78 is 0. The molecule has 2 fully saturated rings. The third-order valence-electron chi connectivity index (χ3n) is 5.18. The molecule has 1 aliphatic heterocycles. The van der Waals surface area contributed by atoms with Crippen molar-refractivity contribution >= 4 is 0 Å².